The van der Waals surface area contributed by atoms with Crippen molar-refractivity contribution in [3.8, 4) is 0 Å². The Labute approximate surface area is 107 Å². The number of carbonyl (C=O) groups excluding carboxylic acids is 1. The van der Waals surface area contributed by atoms with Gasteiger partial charge in [0.2, 0.25) is 5.91 Å². The summed E-state index contributed by atoms with van der Waals surface area (Å²) in [7, 11) is 1.60. The van der Waals surface area contributed by atoms with E-state index in [1.807, 2.05) is 0 Å². The summed E-state index contributed by atoms with van der Waals surface area (Å²) in [4.78, 5) is 11.4. The first kappa shape index (κ1) is 12.2. The summed E-state index contributed by atoms with van der Waals surface area (Å²) >= 11 is 9.94. The molecule has 1 heterocycles. The number of hydrogen-bond acceptors (Lipinski definition) is 2. The number of likely N-dealkylation sites (N-methyl/N-ethyl adjacent to an activating group) is 1. The van der Waals surface area contributed by atoms with Gasteiger partial charge in [-0.05, 0) is 54.7 Å². The van der Waals surface area contributed by atoms with Crippen molar-refractivity contribution in [2.75, 3.05) is 7.05 Å². The van der Waals surface area contributed by atoms with Crippen molar-refractivity contribution in [2.45, 2.75) is 13.0 Å². The van der Waals surface area contributed by atoms with E-state index in [-0.39, 0.29) is 11.9 Å². The van der Waals surface area contributed by atoms with Crippen molar-refractivity contribution in [1.82, 2.24) is 15.1 Å². The van der Waals surface area contributed by atoms with Crippen LogP contribution in [-0.4, -0.2) is 22.7 Å². The molecular weight excluding hydrogens is 382 g/mol. The number of carbonyl (C=O) groups is 1. The predicted octanol–water partition coefficient (Wildman–Crippen LogP) is 2.48. The lowest BCUT2D eigenvalue weighted by Gasteiger charge is -2.11. The fraction of sp³-hybridized carbons (Fsp3) is 0.429. The van der Waals surface area contributed by atoms with E-state index in [0.29, 0.717) is 4.60 Å². The number of amides is 1. The van der Waals surface area contributed by atoms with Crippen molar-refractivity contribution in [2.24, 2.45) is 0 Å². The third kappa shape index (κ3) is 2.20. The van der Waals surface area contributed by atoms with Gasteiger partial charge in [-0.15, -0.1) is 0 Å². The van der Waals surface area contributed by atoms with Gasteiger partial charge in [-0.1, -0.05) is 0 Å². The Hall–Kier alpha value is 0.120. The highest BCUT2D eigenvalue weighted by Gasteiger charge is 2.20. The van der Waals surface area contributed by atoms with E-state index in [9.17, 15) is 4.79 Å². The van der Waals surface area contributed by atoms with Crippen molar-refractivity contribution in [3.05, 3.63) is 13.7 Å². The molecule has 1 unspecified atom stereocenters. The summed E-state index contributed by atoms with van der Waals surface area (Å²) in [6, 6.07) is -0.350. The van der Waals surface area contributed by atoms with Gasteiger partial charge in [-0.25, -0.2) is 4.68 Å². The Kier molecular flexibility index (Phi) is 4.15. The minimum absolute atomic E-state index is 0.0896. The molecule has 1 rings (SSSR count). The minimum atomic E-state index is -0.350. The molecule has 1 N–H and O–H groups in total. The molecule has 0 saturated carbocycles. The van der Waals surface area contributed by atoms with Gasteiger partial charge >= 0.3 is 0 Å². The van der Waals surface area contributed by atoms with Crippen molar-refractivity contribution in [1.29, 1.82) is 0 Å². The van der Waals surface area contributed by atoms with Crippen LogP contribution >= 0.6 is 47.8 Å². The molecule has 14 heavy (non-hydrogen) atoms. The number of nitrogens with one attached hydrogen (secondary N) is 1. The Morgan fingerprint density at radius 2 is 2.07 bits per heavy atom. The standard InChI is InChI=1S/C7H8Br3N3O/c1-3(7(14)11-2)13-6(10)4(8)5(9)12-13/h3H,1-2H3,(H,11,14). The topological polar surface area (TPSA) is 46.9 Å². The average molecular weight is 390 g/mol. The zero-order chi connectivity index (χ0) is 10.9. The van der Waals surface area contributed by atoms with Gasteiger partial charge in [0, 0.05) is 7.05 Å². The van der Waals surface area contributed by atoms with Crippen LogP contribution in [0.1, 0.15) is 13.0 Å². The molecule has 7 heteroatoms. The van der Waals surface area contributed by atoms with Crippen LogP contribution < -0.4 is 5.32 Å². The molecule has 0 saturated heterocycles. The molecular formula is C7H8Br3N3O. The van der Waals surface area contributed by atoms with E-state index >= 15 is 0 Å². The lowest BCUT2D eigenvalue weighted by Crippen LogP contribution is -2.28. The normalized spacial score (nSPS) is 12.6. The fourth-order valence-corrected chi connectivity index (χ4v) is 2.40. The number of aromatic nitrogens is 2. The van der Waals surface area contributed by atoms with Gasteiger partial charge < -0.3 is 5.32 Å². The molecule has 1 amide bonds. The Morgan fingerprint density at radius 1 is 1.50 bits per heavy atom. The quantitative estimate of drug-likeness (QED) is 0.844. The van der Waals surface area contributed by atoms with E-state index in [2.05, 4.69) is 58.2 Å². The second kappa shape index (κ2) is 4.76. The number of halogens is 3. The highest BCUT2D eigenvalue weighted by Crippen LogP contribution is 2.32. The first-order valence-corrected chi connectivity index (χ1v) is 6.17. The van der Waals surface area contributed by atoms with Gasteiger partial charge in [0.1, 0.15) is 15.2 Å². The lowest BCUT2D eigenvalue weighted by atomic mass is 10.3. The molecule has 1 aromatic heterocycles. The second-order valence-corrected chi connectivity index (χ2v) is 4.93. The summed E-state index contributed by atoms with van der Waals surface area (Å²) in [6.07, 6.45) is 0. The zero-order valence-corrected chi connectivity index (χ0v) is 12.3. The summed E-state index contributed by atoms with van der Waals surface area (Å²) in [5.41, 5.74) is 0. The van der Waals surface area contributed by atoms with E-state index < -0.39 is 0 Å². The highest BCUT2D eigenvalue weighted by atomic mass is 79.9. The first-order valence-electron chi connectivity index (χ1n) is 3.79. The van der Waals surface area contributed by atoms with Crippen LogP contribution in [0.4, 0.5) is 0 Å². The monoisotopic (exact) mass is 387 g/mol. The van der Waals surface area contributed by atoms with Crippen molar-refractivity contribution in [3.63, 3.8) is 0 Å². The average Bonchev–Trinajstić information content (AvgIpc) is 2.43. The summed E-state index contributed by atoms with van der Waals surface area (Å²) in [5, 5.41) is 6.73. The minimum Gasteiger partial charge on any atom is -0.357 e. The molecule has 0 bridgehead atoms. The molecule has 0 aromatic carbocycles. The lowest BCUT2D eigenvalue weighted by molar-refractivity contribution is -0.123. The van der Waals surface area contributed by atoms with Crippen LogP contribution in [0.3, 0.4) is 0 Å². The molecule has 0 aliphatic rings. The van der Waals surface area contributed by atoms with Crippen molar-refractivity contribution >= 4 is 53.7 Å². The van der Waals surface area contributed by atoms with Gasteiger partial charge in [0.15, 0.2) is 0 Å². The van der Waals surface area contributed by atoms with E-state index in [0.717, 1.165) is 9.08 Å². The summed E-state index contributed by atoms with van der Waals surface area (Å²) in [5.74, 6) is -0.0896. The molecule has 0 fully saturated rings. The van der Waals surface area contributed by atoms with Crippen LogP contribution in [0.25, 0.3) is 0 Å². The molecule has 0 aliphatic heterocycles. The van der Waals surface area contributed by atoms with Crippen LogP contribution in [0.5, 0.6) is 0 Å². The van der Waals surface area contributed by atoms with E-state index in [1.165, 1.54) is 0 Å². The smallest absolute Gasteiger partial charge is 0.244 e. The van der Waals surface area contributed by atoms with E-state index in [4.69, 9.17) is 0 Å². The maximum Gasteiger partial charge on any atom is 0.244 e. The molecule has 1 atom stereocenters. The maximum atomic E-state index is 11.4. The zero-order valence-electron chi connectivity index (χ0n) is 7.51. The van der Waals surface area contributed by atoms with Gasteiger partial charge in [-0.2, -0.15) is 5.10 Å². The maximum absolute atomic E-state index is 11.4. The van der Waals surface area contributed by atoms with Crippen LogP contribution in [0.2, 0.25) is 0 Å². The Balaban J connectivity index is 3.07. The molecule has 1 aromatic rings. The summed E-state index contributed by atoms with van der Waals surface area (Å²) < 4.78 is 3.79. The van der Waals surface area contributed by atoms with Crippen molar-refractivity contribution < 1.29 is 4.79 Å². The Bertz CT molecular complexity index is 363. The van der Waals surface area contributed by atoms with Crippen LogP contribution in [0.15, 0.2) is 13.7 Å². The number of hydrogen-bond donors (Lipinski definition) is 1. The number of nitrogens with zero attached hydrogens (tertiary/aromatic N) is 2. The molecule has 4 nitrogen and oxygen atoms in total. The molecule has 0 aliphatic carbocycles. The first-order chi connectivity index (χ1) is 6.49. The third-order valence-electron chi connectivity index (χ3n) is 1.75. The molecule has 78 valence electrons. The van der Waals surface area contributed by atoms with E-state index in [1.54, 1.807) is 18.7 Å². The van der Waals surface area contributed by atoms with Crippen LogP contribution in [-0.2, 0) is 4.79 Å². The number of rotatable bonds is 2. The Morgan fingerprint density at radius 3 is 2.43 bits per heavy atom. The van der Waals surface area contributed by atoms with Gasteiger partial charge in [-0.3, -0.25) is 4.79 Å². The predicted molar refractivity (Wildman–Crippen MR) is 64.1 cm³/mol. The second-order valence-electron chi connectivity index (χ2n) is 2.63. The fourth-order valence-electron chi connectivity index (χ4n) is 0.945. The van der Waals surface area contributed by atoms with Gasteiger partial charge in [0.25, 0.3) is 0 Å². The molecule has 0 spiro atoms. The SMILES string of the molecule is CNC(=O)C(C)n1nc(Br)c(Br)c1Br. The van der Waals surface area contributed by atoms with Gasteiger partial charge in [0.05, 0.1) is 4.47 Å². The van der Waals surface area contributed by atoms with Crippen LogP contribution in [0, 0.1) is 0 Å². The summed E-state index contributed by atoms with van der Waals surface area (Å²) in [6.45, 7) is 1.77. The molecule has 0 radical (unpaired) electrons. The largest absolute Gasteiger partial charge is 0.357 e. The third-order valence-corrected chi connectivity index (χ3v) is 4.88. The highest BCUT2D eigenvalue weighted by molar-refractivity contribution is 9.14.